The summed E-state index contributed by atoms with van der Waals surface area (Å²) in [5, 5.41) is 10.4. The van der Waals surface area contributed by atoms with E-state index in [9.17, 15) is 14.7 Å². The Labute approximate surface area is 153 Å². The number of aliphatic hydroxyl groups is 1. The molecule has 0 saturated carbocycles. The van der Waals surface area contributed by atoms with E-state index in [4.69, 9.17) is 4.74 Å². The van der Waals surface area contributed by atoms with Crippen LogP contribution in [-0.2, 0) is 11.3 Å². The molecule has 5 heteroatoms. The quantitative estimate of drug-likeness (QED) is 0.837. The van der Waals surface area contributed by atoms with Crippen LogP contribution in [0.5, 0.6) is 0 Å². The highest BCUT2D eigenvalue weighted by Crippen LogP contribution is 2.23. The van der Waals surface area contributed by atoms with Gasteiger partial charge in [0.1, 0.15) is 6.61 Å². The number of hydrogen-bond donors (Lipinski definition) is 1. The van der Waals surface area contributed by atoms with Crippen LogP contribution in [-0.4, -0.2) is 40.6 Å². The molecule has 5 nitrogen and oxygen atoms in total. The predicted octanol–water partition coefficient (Wildman–Crippen LogP) is 3.42. The molecule has 0 aromatic heterocycles. The molecule has 3 rings (SSSR count). The molecule has 0 radical (unpaired) electrons. The van der Waals surface area contributed by atoms with Crippen LogP contribution in [0.2, 0.25) is 0 Å². The Balaban J connectivity index is 1.65. The van der Waals surface area contributed by atoms with E-state index < -0.39 is 18.2 Å². The first-order valence-electron chi connectivity index (χ1n) is 8.89. The van der Waals surface area contributed by atoms with Crippen LogP contribution in [0.1, 0.15) is 35.2 Å². The maximum atomic E-state index is 12.5. The molecule has 2 aromatic rings. The topological polar surface area (TPSA) is 66.8 Å². The van der Waals surface area contributed by atoms with Crippen LogP contribution in [0.25, 0.3) is 0 Å². The Morgan fingerprint density at radius 1 is 1.04 bits per heavy atom. The van der Waals surface area contributed by atoms with Gasteiger partial charge in [-0.05, 0) is 18.4 Å². The van der Waals surface area contributed by atoms with E-state index in [-0.39, 0.29) is 18.8 Å². The standard InChI is InChI=1S/C21H23NO4/c23-19-12-7-13-22(21(25)26-15-16-8-3-1-4-9-16)18(19)14-20(24)17-10-5-2-6-11-17/h1-6,8-11,18-19,23H,7,12-15H2/t18-,19+/m0/s1. The highest BCUT2D eigenvalue weighted by atomic mass is 16.6. The molecule has 1 fully saturated rings. The van der Waals surface area contributed by atoms with Crippen LogP contribution in [0.15, 0.2) is 60.7 Å². The number of amides is 1. The van der Waals surface area contributed by atoms with Crippen LogP contribution in [0.4, 0.5) is 4.79 Å². The molecule has 1 aliphatic heterocycles. The van der Waals surface area contributed by atoms with Gasteiger partial charge < -0.3 is 14.7 Å². The van der Waals surface area contributed by atoms with Gasteiger partial charge in [0.25, 0.3) is 0 Å². The zero-order valence-corrected chi connectivity index (χ0v) is 14.6. The third-order valence-electron chi connectivity index (χ3n) is 4.67. The minimum Gasteiger partial charge on any atom is -0.445 e. The number of carbonyl (C=O) groups excluding carboxylic acids is 2. The van der Waals surface area contributed by atoms with E-state index in [1.54, 1.807) is 24.3 Å². The van der Waals surface area contributed by atoms with Crippen molar-refractivity contribution in [3.05, 3.63) is 71.8 Å². The first-order valence-corrected chi connectivity index (χ1v) is 8.89. The molecule has 0 bridgehead atoms. The fourth-order valence-corrected chi connectivity index (χ4v) is 3.24. The second-order valence-electron chi connectivity index (χ2n) is 6.50. The van der Waals surface area contributed by atoms with Gasteiger partial charge in [0.2, 0.25) is 0 Å². The van der Waals surface area contributed by atoms with Gasteiger partial charge in [-0.25, -0.2) is 4.79 Å². The second-order valence-corrected chi connectivity index (χ2v) is 6.50. The van der Waals surface area contributed by atoms with Crippen molar-refractivity contribution in [3.63, 3.8) is 0 Å². The number of ether oxygens (including phenoxy) is 1. The van der Waals surface area contributed by atoms with Crippen molar-refractivity contribution in [1.29, 1.82) is 0 Å². The normalized spacial score (nSPS) is 19.8. The number of benzene rings is 2. The van der Waals surface area contributed by atoms with E-state index in [0.29, 0.717) is 24.9 Å². The van der Waals surface area contributed by atoms with Crippen molar-refractivity contribution in [2.45, 2.75) is 38.0 Å². The van der Waals surface area contributed by atoms with E-state index in [2.05, 4.69) is 0 Å². The molecular formula is C21H23NO4. The first-order chi connectivity index (χ1) is 12.6. The predicted molar refractivity (Wildman–Crippen MR) is 97.8 cm³/mol. The van der Waals surface area contributed by atoms with E-state index in [0.717, 1.165) is 5.56 Å². The van der Waals surface area contributed by atoms with Crippen molar-refractivity contribution in [2.24, 2.45) is 0 Å². The first kappa shape index (κ1) is 18.1. The lowest BCUT2D eigenvalue weighted by molar-refractivity contribution is 0.00184. The molecule has 1 aliphatic rings. The Bertz CT molecular complexity index is 732. The van der Waals surface area contributed by atoms with Gasteiger partial charge in [-0.15, -0.1) is 0 Å². The lowest BCUT2D eigenvalue weighted by Crippen LogP contribution is -2.52. The number of rotatable bonds is 5. The van der Waals surface area contributed by atoms with Crippen molar-refractivity contribution in [3.8, 4) is 0 Å². The molecule has 1 amide bonds. The maximum absolute atomic E-state index is 12.5. The zero-order valence-electron chi connectivity index (χ0n) is 14.6. The molecule has 2 aromatic carbocycles. The lowest BCUT2D eigenvalue weighted by Gasteiger charge is -2.38. The maximum Gasteiger partial charge on any atom is 0.410 e. The molecule has 0 spiro atoms. The highest BCUT2D eigenvalue weighted by molar-refractivity contribution is 5.96. The van der Waals surface area contributed by atoms with Gasteiger partial charge in [-0.1, -0.05) is 60.7 Å². The summed E-state index contributed by atoms with van der Waals surface area (Å²) in [5.41, 5.74) is 1.48. The number of ketones is 1. The van der Waals surface area contributed by atoms with Gasteiger partial charge in [0, 0.05) is 18.5 Å². The third kappa shape index (κ3) is 4.49. The van der Waals surface area contributed by atoms with Crippen LogP contribution in [0.3, 0.4) is 0 Å². The van der Waals surface area contributed by atoms with Crippen LogP contribution < -0.4 is 0 Å². The number of hydrogen-bond acceptors (Lipinski definition) is 4. The number of nitrogens with zero attached hydrogens (tertiary/aromatic N) is 1. The van der Waals surface area contributed by atoms with Crippen LogP contribution in [0, 0.1) is 0 Å². The summed E-state index contributed by atoms with van der Waals surface area (Å²) < 4.78 is 5.40. The van der Waals surface area contributed by atoms with Gasteiger partial charge in [-0.2, -0.15) is 0 Å². The third-order valence-corrected chi connectivity index (χ3v) is 4.67. The molecule has 0 aliphatic carbocycles. The van der Waals surface area contributed by atoms with E-state index >= 15 is 0 Å². The highest BCUT2D eigenvalue weighted by Gasteiger charge is 2.35. The van der Waals surface area contributed by atoms with Crippen molar-refractivity contribution >= 4 is 11.9 Å². The number of carbonyl (C=O) groups is 2. The largest absolute Gasteiger partial charge is 0.445 e. The van der Waals surface area contributed by atoms with Gasteiger partial charge in [0.15, 0.2) is 5.78 Å². The fraction of sp³-hybridized carbons (Fsp3) is 0.333. The van der Waals surface area contributed by atoms with E-state index in [1.807, 2.05) is 36.4 Å². The summed E-state index contributed by atoms with van der Waals surface area (Å²) in [5.74, 6) is -0.0857. The molecule has 136 valence electrons. The zero-order chi connectivity index (χ0) is 18.4. The summed E-state index contributed by atoms with van der Waals surface area (Å²) >= 11 is 0. The average Bonchev–Trinajstić information content (AvgIpc) is 2.69. The molecule has 0 unspecified atom stereocenters. The summed E-state index contributed by atoms with van der Waals surface area (Å²) in [4.78, 5) is 26.5. The number of likely N-dealkylation sites (tertiary alicyclic amines) is 1. The van der Waals surface area contributed by atoms with E-state index in [1.165, 1.54) is 4.90 Å². The fourth-order valence-electron chi connectivity index (χ4n) is 3.24. The lowest BCUT2D eigenvalue weighted by atomic mass is 9.93. The number of aliphatic hydroxyl groups excluding tert-OH is 1. The molecule has 26 heavy (non-hydrogen) atoms. The Kier molecular flexibility index (Phi) is 6.02. The van der Waals surface area contributed by atoms with Crippen molar-refractivity contribution in [1.82, 2.24) is 4.90 Å². The smallest absolute Gasteiger partial charge is 0.410 e. The summed E-state index contributed by atoms with van der Waals surface area (Å²) in [6.45, 7) is 0.656. The molecule has 1 N–H and O–H groups in total. The monoisotopic (exact) mass is 353 g/mol. The summed E-state index contributed by atoms with van der Waals surface area (Å²) in [6, 6.07) is 17.8. The van der Waals surface area contributed by atoms with Crippen molar-refractivity contribution < 1.29 is 19.4 Å². The Morgan fingerprint density at radius 2 is 1.69 bits per heavy atom. The second kappa shape index (κ2) is 8.63. The molecule has 1 heterocycles. The molecule has 1 saturated heterocycles. The van der Waals surface area contributed by atoms with Gasteiger partial charge in [-0.3, -0.25) is 4.79 Å². The summed E-state index contributed by atoms with van der Waals surface area (Å²) in [6.07, 6.45) is 0.150. The number of piperidine rings is 1. The minimum atomic E-state index is -0.722. The van der Waals surface area contributed by atoms with Crippen LogP contribution >= 0.6 is 0 Å². The van der Waals surface area contributed by atoms with Crippen molar-refractivity contribution in [2.75, 3.05) is 6.54 Å². The average molecular weight is 353 g/mol. The Hall–Kier alpha value is -2.66. The number of Topliss-reactive ketones (excluding diaryl/α,β-unsaturated/α-hetero) is 1. The SMILES string of the molecule is O=C(C[C@H]1[C@H](O)CCCN1C(=O)OCc1ccccc1)c1ccccc1. The molecular weight excluding hydrogens is 330 g/mol. The van der Waals surface area contributed by atoms with Gasteiger partial charge >= 0.3 is 6.09 Å². The Morgan fingerprint density at radius 3 is 2.38 bits per heavy atom. The minimum absolute atomic E-state index is 0.0857. The molecule has 2 atom stereocenters. The van der Waals surface area contributed by atoms with Gasteiger partial charge in [0.05, 0.1) is 12.1 Å². The summed E-state index contributed by atoms with van der Waals surface area (Å²) in [7, 11) is 0.